The molecule has 1 rings (SSSR count). The molecule has 0 fully saturated rings. The zero-order chi connectivity index (χ0) is 18.7. The van der Waals surface area contributed by atoms with Gasteiger partial charge in [0.1, 0.15) is 6.29 Å². The maximum Gasteiger partial charge on any atom is 0.320 e. The van der Waals surface area contributed by atoms with Gasteiger partial charge in [0.15, 0.2) is 5.92 Å². The summed E-state index contributed by atoms with van der Waals surface area (Å²) in [6.45, 7) is 2.57. The second kappa shape index (κ2) is 11.4. The highest BCUT2D eigenvalue weighted by Gasteiger charge is 2.40. The van der Waals surface area contributed by atoms with Crippen molar-refractivity contribution in [1.82, 2.24) is 0 Å². The molecule has 6 nitrogen and oxygen atoms in total. The average Bonchev–Trinajstić information content (AvgIpc) is 2.66. The molecule has 0 aromatic heterocycles. The number of methoxy groups -OCH3 is 2. The first-order chi connectivity index (χ1) is 12.1. The molecule has 0 unspecified atom stereocenters. The van der Waals surface area contributed by atoms with Crippen LogP contribution in [0.5, 0.6) is 0 Å². The summed E-state index contributed by atoms with van der Waals surface area (Å²) in [5.41, 5.74) is 1.03. The molecular formula is C19H26O6. The van der Waals surface area contributed by atoms with E-state index in [9.17, 15) is 14.4 Å². The van der Waals surface area contributed by atoms with E-state index < -0.39 is 29.7 Å². The van der Waals surface area contributed by atoms with Crippen LogP contribution in [0.25, 0.3) is 0 Å². The van der Waals surface area contributed by atoms with Crippen molar-refractivity contribution < 1.29 is 28.6 Å². The number of aldehydes is 1. The van der Waals surface area contributed by atoms with Gasteiger partial charge in [0.25, 0.3) is 0 Å². The molecule has 0 aliphatic carbocycles. The summed E-state index contributed by atoms with van der Waals surface area (Å²) in [6.07, 6.45) is 1.66. The zero-order valence-electron chi connectivity index (χ0n) is 15.0. The van der Waals surface area contributed by atoms with Crippen molar-refractivity contribution >= 4 is 18.2 Å². The van der Waals surface area contributed by atoms with Crippen molar-refractivity contribution in [3.8, 4) is 0 Å². The SMILES string of the molecule is CC[C@@H](C=O)[C@@H](CCOCc1ccccc1)C(C(=O)OC)C(=O)OC. The van der Waals surface area contributed by atoms with Crippen molar-refractivity contribution in [2.24, 2.45) is 17.8 Å². The van der Waals surface area contributed by atoms with Crippen LogP contribution in [-0.2, 0) is 35.2 Å². The standard InChI is InChI=1S/C19H26O6/c1-4-15(12-20)16(17(18(21)23-2)19(22)24-3)10-11-25-13-14-8-6-5-7-9-14/h5-9,12,15-17H,4,10-11,13H2,1-3H3/t15-,16+/m0/s1. The fourth-order valence-corrected chi connectivity index (χ4v) is 2.81. The Morgan fingerprint density at radius 2 is 1.68 bits per heavy atom. The van der Waals surface area contributed by atoms with Gasteiger partial charge in [-0.3, -0.25) is 9.59 Å². The summed E-state index contributed by atoms with van der Waals surface area (Å²) in [7, 11) is 2.42. The van der Waals surface area contributed by atoms with Gasteiger partial charge in [0, 0.05) is 12.5 Å². The first-order valence-electron chi connectivity index (χ1n) is 8.31. The summed E-state index contributed by atoms with van der Waals surface area (Å²) in [4.78, 5) is 35.5. The Balaban J connectivity index is 2.78. The molecule has 0 saturated carbocycles. The molecule has 0 aliphatic heterocycles. The summed E-state index contributed by atoms with van der Waals surface area (Å²) < 4.78 is 15.1. The molecule has 1 aromatic rings. The van der Waals surface area contributed by atoms with E-state index in [1.807, 2.05) is 37.3 Å². The molecule has 0 heterocycles. The highest BCUT2D eigenvalue weighted by Crippen LogP contribution is 2.28. The number of esters is 2. The van der Waals surface area contributed by atoms with Gasteiger partial charge in [-0.05, 0) is 24.3 Å². The molecule has 0 aliphatic rings. The third-order valence-corrected chi connectivity index (χ3v) is 4.24. The Bertz CT molecular complexity index is 526. The monoisotopic (exact) mass is 350 g/mol. The quantitative estimate of drug-likeness (QED) is 0.264. The Labute approximate surface area is 148 Å². The fraction of sp³-hybridized carbons (Fsp3) is 0.526. The number of hydrogen-bond acceptors (Lipinski definition) is 6. The lowest BCUT2D eigenvalue weighted by molar-refractivity contribution is -0.163. The van der Waals surface area contributed by atoms with Crippen molar-refractivity contribution in [2.75, 3.05) is 20.8 Å². The van der Waals surface area contributed by atoms with Gasteiger partial charge >= 0.3 is 11.9 Å². The van der Waals surface area contributed by atoms with E-state index in [-0.39, 0.29) is 0 Å². The van der Waals surface area contributed by atoms with Gasteiger partial charge in [-0.15, -0.1) is 0 Å². The van der Waals surface area contributed by atoms with E-state index >= 15 is 0 Å². The smallest absolute Gasteiger partial charge is 0.320 e. The molecule has 138 valence electrons. The largest absolute Gasteiger partial charge is 0.468 e. The number of hydrogen-bond donors (Lipinski definition) is 0. The first-order valence-corrected chi connectivity index (χ1v) is 8.31. The molecule has 0 N–H and O–H groups in total. The van der Waals surface area contributed by atoms with Crippen LogP contribution < -0.4 is 0 Å². The second-order valence-electron chi connectivity index (χ2n) is 5.72. The molecule has 25 heavy (non-hydrogen) atoms. The lowest BCUT2D eigenvalue weighted by Gasteiger charge is -2.27. The lowest BCUT2D eigenvalue weighted by Crippen LogP contribution is -2.38. The van der Waals surface area contributed by atoms with Gasteiger partial charge in [-0.25, -0.2) is 0 Å². The van der Waals surface area contributed by atoms with Crippen LogP contribution >= 0.6 is 0 Å². The highest BCUT2D eigenvalue weighted by molar-refractivity contribution is 5.95. The van der Waals surface area contributed by atoms with Crippen LogP contribution in [0.4, 0.5) is 0 Å². The highest BCUT2D eigenvalue weighted by atomic mass is 16.5. The molecular weight excluding hydrogens is 324 g/mol. The van der Waals surface area contributed by atoms with Gasteiger partial charge < -0.3 is 19.0 Å². The molecule has 1 aromatic carbocycles. The zero-order valence-corrected chi connectivity index (χ0v) is 15.0. The summed E-state index contributed by atoms with van der Waals surface area (Å²) >= 11 is 0. The van der Waals surface area contributed by atoms with Gasteiger partial charge in [0.2, 0.25) is 0 Å². The average molecular weight is 350 g/mol. The van der Waals surface area contributed by atoms with Crippen LogP contribution in [0, 0.1) is 17.8 Å². The number of carbonyl (C=O) groups excluding carboxylic acids is 3. The number of rotatable bonds is 11. The first kappa shape index (κ1) is 20.8. The molecule has 0 bridgehead atoms. The van der Waals surface area contributed by atoms with Crippen LogP contribution in [0.15, 0.2) is 30.3 Å². The van der Waals surface area contributed by atoms with Crippen LogP contribution in [-0.4, -0.2) is 39.1 Å². The van der Waals surface area contributed by atoms with E-state index in [1.54, 1.807) is 0 Å². The normalized spacial score (nSPS) is 13.1. The van der Waals surface area contributed by atoms with Crippen LogP contribution in [0.3, 0.4) is 0 Å². The lowest BCUT2D eigenvalue weighted by atomic mass is 9.78. The van der Waals surface area contributed by atoms with E-state index in [2.05, 4.69) is 0 Å². The second-order valence-corrected chi connectivity index (χ2v) is 5.72. The van der Waals surface area contributed by atoms with E-state index in [0.717, 1.165) is 11.8 Å². The Morgan fingerprint density at radius 1 is 1.08 bits per heavy atom. The van der Waals surface area contributed by atoms with Crippen molar-refractivity contribution in [2.45, 2.75) is 26.4 Å². The van der Waals surface area contributed by atoms with Crippen molar-refractivity contribution in [3.63, 3.8) is 0 Å². The minimum atomic E-state index is -1.13. The number of carbonyl (C=O) groups is 3. The van der Waals surface area contributed by atoms with Gasteiger partial charge in [-0.1, -0.05) is 37.3 Å². The van der Waals surface area contributed by atoms with E-state index in [0.29, 0.717) is 26.1 Å². The minimum absolute atomic E-state index is 0.314. The minimum Gasteiger partial charge on any atom is -0.468 e. The topological polar surface area (TPSA) is 78.9 Å². The Morgan fingerprint density at radius 3 is 2.16 bits per heavy atom. The molecule has 0 spiro atoms. The third-order valence-electron chi connectivity index (χ3n) is 4.24. The van der Waals surface area contributed by atoms with Gasteiger partial charge in [0.05, 0.1) is 20.8 Å². The molecule has 0 saturated heterocycles. The third kappa shape index (κ3) is 6.31. The van der Waals surface area contributed by atoms with Gasteiger partial charge in [-0.2, -0.15) is 0 Å². The van der Waals surface area contributed by atoms with Crippen molar-refractivity contribution in [1.29, 1.82) is 0 Å². The summed E-state index contributed by atoms with van der Waals surface area (Å²) in [5.74, 6) is -3.51. The van der Waals surface area contributed by atoms with Crippen LogP contribution in [0.2, 0.25) is 0 Å². The predicted molar refractivity (Wildman–Crippen MR) is 91.6 cm³/mol. The molecule has 0 amide bonds. The van der Waals surface area contributed by atoms with E-state index in [1.165, 1.54) is 14.2 Å². The predicted octanol–water partition coefficient (Wildman–Crippen LogP) is 2.40. The fourth-order valence-electron chi connectivity index (χ4n) is 2.81. The number of benzene rings is 1. The van der Waals surface area contributed by atoms with E-state index in [4.69, 9.17) is 14.2 Å². The Hall–Kier alpha value is -2.21. The maximum atomic E-state index is 12.1. The molecule has 0 radical (unpaired) electrons. The summed E-state index contributed by atoms with van der Waals surface area (Å²) in [6, 6.07) is 9.66. The van der Waals surface area contributed by atoms with Crippen LogP contribution in [0.1, 0.15) is 25.3 Å². The Kier molecular flexibility index (Phi) is 9.47. The van der Waals surface area contributed by atoms with Crippen molar-refractivity contribution in [3.05, 3.63) is 35.9 Å². The number of ether oxygens (including phenoxy) is 3. The maximum absolute atomic E-state index is 12.1. The molecule has 2 atom stereocenters. The summed E-state index contributed by atoms with van der Waals surface area (Å²) in [5, 5.41) is 0. The molecule has 6 heteroatoms.